The fraction of sp³-hybridized carbons (Fsp3) is 0.440. The molecule has 0 radical (unpaired) electrons. The third kappa shape index (κ3) is 5.17. The van der Waals surface area contributed by atoms with Gasteiger partial charge in [0.1, 0.15) is 23.4 Å². The zero-order chi connectivity index (χ0) is 22.2. The highest BCUT2D eigenvalue weighted by atomic mass is 19.3. The first-order valence-electron chi connectivity index (χ1n) is 10.7. The average molecular weight is 431 g/mol. The number of rotatable bonds is 9. The lowest BCUT2D eigenvalue weighted by Gasteiger charge is -2.40. The fourth-order valence-electron chi connectivity index (χ4n) is 3.90. The van der Waals surface area contributed by atoms with E-state index in [1.165, 1.54) is 17.2 Å². The maximum Gasteiger partial charge on any atom is 0.255 e. The molecular formula is C25H28F3NO2. The molecule has 2 atom stereocenters. The Morgan fingerprint density at radius 3 is 2.39 bits per heavy atom. The normalized spacial score (nSPS) is 20.7. The van der Waals surface area contributed by atoms with E-state index in [0.717, 1.165) is 12.2 Å². The van der Waals surface area contributed by atoms with E-state index in [1.807, 2.05) is 24.0 Å². The molecule has 2 aliphatic rings. The van der Waals surface area contributed by atoms with E-state index in [9.17, 15) is 13.2 Å². The van der Waals surface area contributed by atoms with Crippen LogP contribution in [-0.2, 0) is 0 Å². The van der Waals surface area contributed by atoms with Crippen LogP contribution in [0, 0.1) is 11.7 Å². The highest BCUT2D eigenvalue weighted by molar-refractivity contribution is 5.53. The van der Waals surface area contributed by atoms with Crippen molar-refractivity contribution in [3.63, 3.8) is 0 Å². The second kappa shape index (κ2) is 8.48. The van der Waals surface area contributed by atoms with Crippen LogP contribution in [0.2, 0.25) is 0 Å². The van der Waals surface area contributed by atoms with Crippen LogP contribution in [0.1, 0.15) is 38.2 Å². The third-order valence-corrected chi connectivity index (χ3v) is 5.92. The zero-order valence-corrected chi connectivity index (χ0v) is 17.9. The molecule has 0 spiro atoms. The standard InChI is InChI=1S/C25H28F3NO2/c1-16(2)10-17(3)18-4-6-20(7-5-18)31-22-13-29(14-22)24-9-8-21(11-23(24)26)30-15-19-12-25(19,27)28/h4-9,11,17,19,22H,1,10,12-15H2,2-3H3/t17-,19?/m1/s1. The van der Waals surface area contributed by atoms with Gasteiger partial charge in [-0.05, 0) is 49.1 Å². The molecule has 1 saturated carbocycles. The molecule has 166 valence electrons. The number of halogens is 3. The zero-order valence-electron chi connectivity index (χ0n) is 17.9. The van der Waals surface area contributed by atoms with Crippen molar-refractivity contribution in [3.05, 3.63) is 66.0 Å². The summed E-state index contributed by atoms with van der Waals surface area (Å²) in [5.41, 5.74) is 2.88. The first-order valence-corrected chi connectivity index (χ1v) is 10.7. The Bertz CT molecular complexity index is 938. The van der Waals surface area contributed by atoms with E-state index in [4.69, 9.17) is 9.47 Å². The topological polar surface area (TPSA) is 21.7 Å². The summed E-state index contributed by atoms with van der Waals surface area (Å²) in [6.07, 6.45) is 0.797. The minimum atomic E-state index is -2.63. The molecule has 1 saturated heterocycles. The Kier molecular flexibility index (Phi) is 5.91. The number of allylic oxidation sites excluding steroid dienone is 1. The summed E-state index contributed by atoms with van der Waals surface area (Å²) in [5, 5.41) is 0. The number of hydrogen-bond acceptors (Lipinski definition) is 3. The summed E-state index contributed by atoms with van der Waals surface area (Å²) in [4.78, 5) is 1.89. The minimum Gasteiger partial charge on any atom is -0.493 e. The van der Waals surface area contributed by atoms with Gasteiger partial charge in [0.15, 0.2) is 0 Å². The maximum absolute atomic E-state index is 14.5. The summed E-state index contributed by atoms with van der Waals surface area (Å²) in [7, 11) is 0. The summed E-state index contributed by atoms with van der Waals surface area (Å²) in [6.45, 7) is 9.27. The van der Waals surface area contributed by atoms with Gasteiger partial charge < -0.3 is 14.4 Å². The van der Waals surface area contributed by atoms with Gasteiger partial charge >= 0.3 is 0 Å². The minimum absolute atomic E-state index is 0.00822. The van der Waals surface area contributed by atoms with Crippen LogP contribution in [0.3, 0.4) is 0 Å². The molecule has 4 rings (SSSR count). The SMILES string of the molecule is C=C(C)C[C@@H](C)c1ccc(OC2CN(c3ccc(OCC4CC4(F)F)cc3F)C2)cc1. The van der Waals surface area contributed by atoms with Crippen molar-refractivity contribution in [1.82, 2.24) is 0 Å². The molecule has 0 bridgehead atoms. The molecule has 2 aromatic rings. The molecule has 0 aromatic heterocycles. The average Bonchev–Trinajstić information content (AvgIpc) is 3.30. The third-order valence-electron chi connectivity index (χ3n) is 5.92. The first kappa shape index (κ1) is 21.6. The number of ether oxygens (including phenoxy) is 2. The molecule has 6 heteroatoms. The second-order valence-corrected chi connectivity index (χ2v) is 8.86. The van der Waals surface area contributed by atoms with Crippen LogP contribution in [0.4, 0.5) is 18.9 Å². The molecule has 1 aliphatic heterocycles. The molecule has 2 aromatic carbocycles. The van der Waals surface area contributed by atoms with Crippen molar-refractivity contribution in [2.45, 2.75) is 44.6 Å². The molecule has 0 N–H and O–H groups in total. The van der Waals surface area contributed by atoms with Crippen LogP contribution >= 0.6 is 0 Å². The molecule has 2 fully saturated rings. The Morgan fingerprint density at radius 2 is 1.81 bits per heavy atom. The van der Waals surface area contributed by atoms with Gasteiger partial charge in [-0.1, -0.05) is 24.6 Å². The van der Waals surface area contributed by atoms with Crippen LogP contribution < -0.4 is 14.4 Å². The first-order chi connectivity index (χ1) is 14.7. The Morgan fingerprint density at radius 1 is 1.16 bits per heavy atom. The van der Waals surface area contributed by atoms with Crippen molar-refractivity contribution in [3.8, 4) is 11.5 Å². The molecule has 1 unspecified atom stereocenters. The Labute approximate surface area is 181 Å². The molecule has 0 amide bonds. The lowest BCUT2D eigenvalue weighted by molar-refractivity contribution is 0.0856. The van der Waals surface area contributed by atoms with Crippen LogP contribution in [0.15, 0.2) is 54.6 Å². The molecule has 3 nitrogen and oxygen atoms in total. The maximum atomic E-state index is 14.5. The summed E-state index contributed by atoms with van der Waals surface area (Å²) >= 11 is 0. The van der Waals surface area contributed by atoms with Gasteiger partial charge in [0.05, 0.1) is 31.3 Å². The van der Waals surface area contributed by atoms with Crippen LogP contribution in [0.5, 0.6) is 11.5 Å². The molecule has 1 aliphatic carbocycles. The predicted octanol–water partition coefficient (Wildman–Crippen LogP) is 6.20. The fourth-order valence-corrected chi connectivity index (χ4v) is 3.90. The number of hydrogen-bond donors (Lipinski definition) is 0. The van der Waals surface area contributed by atoms with Gasteiger partial charge in [-0.2, -0.15) is 0 Å². The van der Waals surface area contributed by atoms with Gasteiger partial charge in [-0.15, -0.1) is 6.58 Å². The summed E-state index contributed by atoms with van der Waals surface area (Å²) in [6, 6.07) is 12.6. The highest BCUT2D eigenvalue weighted by Gasteiger charge is 2.57. The Balaban J connectivity index is 1.25. The van der Waals surface area contributed by atoms with Gasteiger partial charge in [0, 0.05) is 12.5 Å². The number of alkyl halides is 2. The van der Waals surface area contributed by atoms with Crippen molar-refractivity contribution < 1.29 is 22.6 Å². The number of benzene rings is 2. The monoisotopic (exact) mass is 431 g/mol. The lowest BCUT2D eigenvalue weighted by Crippen LogP contribution is -2.54. The smallest absolute Gasteiger partial charge is 0.255 e. The van der Waals surface area contributed by atoms with E-state index >= 15 is 0 Å². The van der Waals surface area contributed by atoms with Gasteiger partial charge in [-0.25, -0.2) is 13.2 Å². The van der Waals surface area contributed by atoms with Crippen molar-refractivity contribution in [1.29, 1.82) is 0 Å². The van der Waals surface area contributed by atoms with Crippen LogP contribution in [-0.4, -0.2) is 31.7 Å². The predicted molar refractivity (Wildman–Crippen MR) is 116 cm³/mol. The molecular weight excluding hydrogens is 403 g/mol. The van der Waals surface area contributed by atoms with Gasteiger partial charge in [0.2, 0.25) is 0 Å². The largest absolute Gasteiger partial charge is 0.493 e. The van der Waals surface area contributed by atoms with E-state index < -0.39 is 17.7 Å². The quantitative estimate of drug-likeness (QED) is 0.442. The van der Waals surface area contributed by atoms with Crippen LogP contribution in [0.25, 0.3) is 0 Å². The van der Waals surface area contributed by atoms with E-state index in [2.05, 4.69) is 25.6 Å². The second-order valence-electron chi connectivity index (χ2n) is 8.86. The summed E-state index contributed by atoms with van der Waals surface area (Å²) < 4.78 is 51.6. The number of anilines is 1. The van der Waals surface area contributed by atoms with E-state index in [-0.39, 0.29) is 24.9 Å². The van der Waals surface area contributed by atoms with Crippen molar-refractivity contribution in [2.75, 3.05) is 24.6 Å². The van der Waals surface area contributed by atoms with Crippen molar-refractivity contribution >= 4 is 5.69 Å². The summed E-state index contributed by atoms with van der Waals surface area (Å²) in [5.74, 6) is -2.31. The van der Waals surface area contributed by atoms with Gasteiger partial charge in [0.25, 0.3) is 5.92 Å². The Hall–Kier alpha value is -2.63. The van der Waals surface area contributed by atoms with Crippen molar-refractivity contribution in [2.24, 2.45) is 5.92 Å². The van der Waals surface area contributed by atoms with Gasteiger partial charge in [-0.3, -0.25) is 0 Å². The van der Waals surface area contributed by atoms with E-state index in [0.29, 0.717) is 24.7 Å². The lowest BCUT2D eigenvalue weighted by atomic mass is 9.95. The molecule has 1 heterocycles. The highest BCUT2D eigenvalue weighted by Crippen LogP contribution is 2.48. The number of nitrogens with zero attached hydrogens (tertiary/aromatic N) is 1. The molecule has 31 heavy (non-hydrogen) atoms. The van der Waals surface area contributed by atoms with E-state index in [1.54, 1.807) is 12.1 Å².